The molecule has 28 heavy (non-hydrogen) atoms. The van der Waals surface area contributed by atoms with Crippen molar-refractivity contribution in [2.24, 2.45) is 5.92 Å². The zero-order valence-electron chi connectivity index (χ0n) is 16.4. The Bertz CT molecular complexity index is 915. The fourth-order valence-electron chi connectivity index (χ4n) is 3.67. The van der Waals surface area contributed by atoms with Crippen LogP contribution in [0.2, 0.25) is 0 Å². The van der Waals surface area contributed by atoms with E-state index in [2.05, 4.69) is 17.0 Å². The third kappa shape index (κ3) is 4.93. The molecule has 2 N–H and O–H groups in total. The molecule has 0 aromatic heterocycles. The van der Waals surface area contributed by atoms with Crippen LogP contribution >= 0.6 is 0 Å². The van der Waals surface area contributed by atoms with Gasteiger partial charge in [-0.1, -0.05) is 43.2 Å². The number of hydrogen-bond acceptors (Lipinski definition) is 3. The number of sulfonamides is 1. The molecule has 0 atom stereocenters. The molecule has 0 bridgehead atoms. The van der Waals surface area contributed by atoms with Crippen molar-refractivity contribution in [1.82, 2.24) is 5.32 Å². The van der Waals surface area contributed by atoms with Gasteiger partial charge >= 0.3 is 0 Å². The number of carbonyl (C=O) groups excluding carboxylic acids is 1. The lowest BCUT2D eigenvalue weighted by Crippen LogP contribution is -2.38. The van der Waals surface area contributed by atoms with Crippen LogP contribution in [0.15, 0.2) is 53.4 Å². The number of para-hydroxylation sites is 1. The summed E-state index contributed by atoms with van der Waals surface area (Å²) in [5, 5.41) is 3.08. The summed E-state index contributed by atoms with van der Waals surface area (Å²) in [6.07, 6.45) is 5.39. The maximum atomic E-state index is 12.8. The van der Waals surface area contributed by atoms with Gasteiger partial charge in [0.1, 0.15) is 0 Å². The minimum Gasteiger partial charge on any atom is -0.349 e. The number of hydrogen-bond donors (Lipinski definition) is 2. The van der Waals surface area contributed by atoms with Gasteiger partial charge in [0.05, 0.1) is 16.1 Å². The van der Waals surface area contributed by atoms with Gasteiger partial charge < -0.3 is 5.32 Å². The monoisotopic (exact) mass is 400 g/mol. The second kappa shape index (κ2) is 8.78. The van der Waals surface area contributed by atoms with Crippen LogP contribution in [0.1, 0.15) is 54.9 Å². The summed E-state index contributed by atoms with van der Waals surface area (Å²) in [5.74, 6) is 0.518. The standard InChI is InChI=1S/C22H28N2O3S/c1-3-17-10-12-18(13-11-17)23-22(25)20-6-4-5-7-21(20)24-28(26,27)19-14-8-16(2)9-15-19/h4-9,14-15,17-18,24H,3,10-13H2,1-2H3,(H,23,25). The minimum atomic E-state index is -3.76. The number of aryl methyl sites for hydroxylation is 1. The van der Waals surface area contributed by atoms with Gasteiger partial charge in [-0.15, -0.1) is 0 Å². The van der Waals surface area contributed by atoms with Gasteiger partial charge in [-0.05, 0) is 62.8 Å². The Morgan fingerprint density at radius 2 is 1.64 bits per heavy atom. The van der Waals surface area contributed by atoms with Crippen LogP contribution in [-0.4, -0.2) is 20.4 Å². The van der Waals surface area contributed by atoms with Gasteiger partial charge in [-0.2, -0.15) is 0 Å². The first-order valence-electron chi connectivity index (χ1n) is 9.88. The molecule has 1 aliphatic carbocycles. The van der Waals surface area contributed by atoms with Gasteiger partial charge in [0.25, 0.3) is 15.9 Å². The highest BCUT2D eigenvalue weighted by atomic mass is 32.2. The molecular formula is C22H28N2O3S. The van der Waals surface area contributed by atoms with E-state index in [0.717, 1.165) is 37.2 Å². The molecule has 1 aliphatic rings. The summed E-state index contributed by atoms with van der Waals surface area (Å²) in [6.45, 7) is 4.11. The molecule has 0 radical (unpaired) electrons. The molecule has 1 amide bonds. The highest BCUT2D eigenvalue weighted by Crippen LogP contribution is 2.27. The van der Waals surface area contributed by atoms with Crippen molar-refractivity contribution < 1.29 is 13.2 Å². The van der Waals surface area contributed by atoms with Gasteiger partial charge in [-0.25, -0.2) is 8.42 Å². The van der Waals surface area contributed by atoms with E-state index in [0.29, 0.717) is 11.3 Å². The van der Waals surface area contributed by atoms with E-state index in [1.54, 1.807) is 48.5 Å². The number of anilines is 1. The van der Waals surface area contributed by atoms with E-state index in [1.807, 2.05) is 6.92 Å². The van der Waals surface area contributed by atoms with Gasteiger partial charge in [0, 0.05) is 6.04 Å². The molecule has 0 aliphatic heterocycles. The summed E-state index contributed by atoms with van der Waals surface area (Å²) in [5.41, 5.74) is 1.62. The fraction of sp³-hybridized carbons (Fsp3) is 0.409. The van der Waals surface area contributed by atoms with Crippen molar-refractivity contribution >= 4 is 21.6 Å². The predicted octanol–water partition coefficient (Wildman–Crippen LogP) is 4.49. The Morgan fingerprint density at radius 1 is 1.00 bits per heavy atom. The maximum Gasteiger partial charge on any atom is 0.261 e. The van der Waals surface area contributed by atoms with Crippen LogP contribution < -0.4 is 10.0 Å². The van der Waals surface area contributed by atoms with Gasteiger partial charge in [0.15, 0.2) is 0 Å². The number of nitrogens with one attached hydrogen (secondary N) is 2. The highest BCUT2D eigenvalue weighted by Gasteiger charge is 2.23. The molecule has 1 saturated carbocycles. The lowest BCUT2D eigenvalue weighted by Gasteiger charge is -2.28. The third-order valence-electron chi connectivity index (χ3n) is 5.51. The smallest absolute Gasteiger partial charge is 0.261 e. The third-order valence-corrected chi connectivity index (χ3v) is 6.89. The SMILES string of the molecule is CCC1CCC(NC(=O)c2ccccc2NS(=O)(=O)c2ccc(C)cc2)CC1. The normalized spacial score (nSPS) is 19.8. The van der Waals surface area contributed by atoms with E-state index in [1.165, 1.54) is 6.42 Å². The molecule has 0 spiro atoms. The van der Waals surface area contributed by atoms with Crippen molar-refractivity contribution in [1.29, 1.82) is 0 Å². The van der Waals surface area contributed by atoms with E-state index in [4.69, 9.17) is 0 Å². The van der Waals surface area contributed by atoms with Crippen molar-refractivity contribution in [3.05, 3.63) is 59.7 Å². The van der Waals surface area contributed by atoms with Crippen LogP contribution in [0, 0.1) is 12.8 Å². The quantitative estimate of drug-likeness (QED) is 0.750. The minimum absolute atomic E-state index is 0.150. The molecule has 150 valence electrons. The summed E-state index contributed by atoms with van der Waals surface area (Å²) in [7, 11) is -3.76. The first-order valence-corrected chi connectivity index (χ1v) is 11.4. The zero-order valence-corrected chi connectivity index (χ0v) is 17.3. The maximum absolute atomic E-state index is 12.8. The average molecular weight is 401 g/mol. The van der Waals surface area contributed by atoms with E-state index >= 15 is 0 Å². The Morgan fingerprint density at radius 3 is 2.29 bits per heavy atom. The summed E-state index contributed by atoms with van der Waals surface area (Å²) < 4.78 is 28.0. The molecule has 0 heterocycles. The predicted molar refractivity (Wildman–Crippen MR) is 112 cm³/mol. The Kier molecular flexibility index (Phi) is 6.39. The first kappa shape index (κ1) is 20.4. The van der Waals surface area contributed by atoms with Crippen molar-refractivity contribution in [2.45, 2.75) is 56.9 Å². The summed E-state index contributed by atoms with van der Waals surface area (Å²) in [6, 6.07) is 13.5. The molecule has 3 rings (SSSR count). The lowest BCUT2D eigenvalue weighted by atomic mass is 9.84. The van der Waals surface area contributed by atoms with Crippen LogP contribution in [0.5, 0.6) is 0 Å². The van der Waals surface area contributed by atoms with Crippen molar-refractivity contribution in [2.75, 3.05) is 4.72 Å². The van der Waals surface area contributed by atoms with Crippen molar-refractivity contribution in [3.63, 3.8) is 0 Å². The van der Waals surface area contributed by atoms with Crippen LogP contribution in [-0.2, 0) is 10.0 Å². The topological polar surface area (TPSA) is 75.3 Å². The zero-order chi connectivity index (χ0) is 20.1. The largest absolute Gasteiger partial charge is 0.349 e. The molecule has 0 unspecified atom stereocenters. The van der Waals surface area contributed by atoms with Gasteiger partial charge in [-0.3, -0.25) is 9.52 Å². The number of benzene rings is 2. The molecule has 0 saturated heterocycles. The summed E-state index contributed by atoms with van der Waals surface area (Å²) in [4.78, 5) is 13.0. The molecule has 6 heteroatoms. The van der Waals surface area contributed by atoms with E-state index in [9.17, 15) is 13.2 Å². The van der Waals surface area contributed by atoms with Crippen LogP contribution in [0.4, 0.5) is 5.69 Å². The Balaban J connectivity index is 1.74. The fourth-order valence-corrected chi connectivity index (χ4v) is 4.75. The average Bonchev–Trinajstić information content (AvgIpc) is 2.69. The second-order valence-electron chi connectivity index (χ2n) is 7.56. The molecule has 2 aromatic rings. The number of rotatable bonds is 6. The number of carbonyl (C=O) groups is 1. The van der Waals surface area contributed by atoms with Crippen LogP contribution in [0.25, 0.3) is 0 Å². The van der Waals surface area contributed by atoms with E-state index in [-0.39, 0.29) is 16.8 Å². The second-order valence-corrected chi connectivity index (χ2v) is 9.25. The molecule has 5 nitrogen and oxygen atoms in total. The molecular weight excluding hydrogens is 372 g/mol. The van der Waals surface area contributed by atoms with Crippen molar-refractivity contribution in [3.8, 4) is 0 Å². The molecule has 1 fully saturated rings. The van der Waals surface area contributed by atoms with Crippen LogP contribution in [0.3, 0.4) is 0 Å². The highest BCUT2D eigenvalue weighted by molar-refractivity contribution is 7.92. The molecule has 2 aromatic carbocycles. The van der Waals surface area contributed by atoms with Gasteiger partial charge in [0.2, 0.25) is 0 Å². The Hall–Kier alpha value is -2.34. The van der Waals surface area contributed by atoms with E-state index < -0.39 is 10.0 Å². The first-order chi connectivity index (χ1) is 13.4. The Labute approximate surface area is 167 Å². The lowest BCUT2D eigenvalue weighted by molar-refractivity contribution is 0.0922. The number of amides is 1. The summed E-state index contributed by atoms with van der Waals surface area (Å²) >= 11 is 0.